The van der Waals surface area contributed by atoms with Gasteiger partial charge in [-0.3, -0.25) is 0 Å². The summed E-state index contributed by atoms with van der Waals surface area (Å²) >= 11 is 0. The van der Waals surface area contributed by atoms with Crippen molar-refractivity contribution in [3.63, 3.8) is 0 Å². The van der Waals surface area contributed by atoms with E-state index in [1.54, 1.807) is 18.3 Å². The Kier molecular flexibility index (Phi) is 4.11. The molecule has 0 atom stereocenters. The third-order valence-corrected chi connectivity index (χ3v) is 3.52. The van der Waals surface area contributed by atoms with Gasteiger partial charge in [-0.2, -0.15) is 0 Å². The highest BCUT2D eigenvalue weighted by molar-refractivity contribution is 7.90. The lowest BCUT2D eigenvalue weighted by atomic mass is 10.0. The molecule has 0 radical (unpaired) electrons. The molecule has 0 bridgehead atoms. The van der Waals surface area contributed by atoms with Crippen molar-refractivity contribution >= 4 is 15.7 Å². The molecule has 0 aliphatic rings. The maximum absolute atomic E-state index is 11.6. The second-order valence-electron chi connectivity index (χ2n) is 4.67. The highest BCUT2D eigenvalue weighted by Crippen LogP contribution is 2.22. The van der Waals surface area contributed by atoms with Crippen molar-refractivity contribution in [2.45, 2.75) is 30.7 Å². The summed E-state index contributed by atoms with van der Waals surface area (Å²) in [7, 11) is -3.28. The summed E-state index contributed by atoms with van der Waals surface area (Å²) < 4.78 is 23.2. The maximum atomic E-state index is 11.6. The molecule has 1 aromatic heterocycles. The first kappa shape index (κ1) is 13.9. The van der Waals surface area contributed by atoms with Crippen molar-refractivity contribution in [3.05, 3.63) is 18.3 Å². The van der Waals surface area contributed by atoms with Crippen molar-refractivity contribution in [1.29, 1.82) is 0 Å². The largest absolute Gasteiger partial charge is 0.364 e. The lowest BCUT2D eigenvalue weighted by Crippen LogP contribution is -2.34. The Morgan fingerprint density at radius 3 is 2.65 bits per heavy atom. The molecule has 5 nitrogen and oxygen atoms in total. The van der Waals surface area contributed by atoms with Crippen LogP contribution in [0.4, 0.5) is 5.82 Å². The fourth-order valence-electron chi connectivity index (χ4n) is 1.53. The van der Waals surface area contributed by atoms with Crippen LogP contribution in [0.2, 0.25) is 0 Å². The van der Waals surface area contributed by atoms with Gasteiger partial charge in [-0.05, 0) is 38.9 Å². The van der Waals surface area contributed by atoms with Gasteiger partial charge in [0.15, 0.2) is 9.84 Å². The molecule has 3 N–H and O–H groups in total. The topological polar surface area (TPSA) is 85.1 Å². The number of hydrogen-bond acceptors (Lipinski definition) is 5. The summed E-state index contributed by atoms with van der Waals surface area (Å²) in [6, 6.07) is 3.15. The fraction of sp³-hybridized carbons (Fsp3) is 0.545. The fourth-order valence-corrected chi connectivity index (χ4v) is 2.31. The van der Waals surface area contributed by atoms with Crippen LogP contribution >= 0.6 is 0 Å². The molecule has 1 rings (SSSR count). The molecule has 0 saturated carbocycles. The van der Waals surface area contributed by atoms with Crippen LogP contribution < -0.4 is 11.1 Å². The number of hydrogen-bond donors (Lipinski definition) is 2. The Morgan fingerprint density at radius 2 is 2.12 bits per heavy atom. The van der Waals surface area contributed by atoms with E-state index in [-0.39, 0.29) is 10.4 Å². The molecule has 0 aliphatic heterocycles. The molecule has 0 unspecified atom stereocenters. The van der Waals surface area contributed by atoms with Crippen LogP contribution in [-0.2, 0) is 9.84 Å². The highest BCUT2D eigenvalue weighted by Gasteiger charge is 2.21. The van der Waals surface area contributed by atoms with E-state index >= 15 is 0 Å². The second kappa shape index (κ2) is 5.01. The van der Waals surface area contributed by atoms with Crippen LogP contribution in [0.5, 0.6) is 0 Å². The van der Waals surface area contributed by atoms with Crippen molar-refractivity contribution < 1.29 is 8.42 Å². The van der Waals surface area contributed by atoms with E-state index in [1.165, 1.54) is 6.26 Å². The van der Waals surface area contributed by atoms with E-state index in [2.05, 4.69) is 10.3 Å². The minimum Gasteiger partial charge on any atom is -0.364 e. The van der Waals surface area contributed by atoms with E-state index < -0.39 is 9.84 Å². The van der Waals surface area contributed by atoms with Crippen LogP contribution in [0.3, 0.4) is 0 Å². The normalized spacial score (nSPS) is 12.5. The Morgan fingerprint density at radius 1 is 1.47 bits per heavy atom. The Hall–Kier alpha value is -1.14. The summed E-state index contributed by atoms with van der Waals surface area (Å²) in [6.07, 6.45) is 3.47. The zero-order valence-corrected chi connectivity index (χ0v) is 11.2. The van der Waals surface area contributed by atoms with E-state index in [1.807, 2.05) is 13.8 Å². The SMILES string of the molecule is CC(C)(CCN)Nc1ncccc1S(C)(=O)=O. The predicted molar refractivity (Wildman–Crippen MR) is 68.7 cm³/mol. The summed E-state index contributed by atoms with van der Waals surface area (Å²) in [4.78, 5) is 4.29. The third-order valence-electron chi connectivity index (χ3n) is 2.40. The van der Waals surface area contributed by atoms with Gasteiger partial charge in [0, 0.05) is 18.0 Å². The summed E-state index contributed by atoms with van der Waals surface area (Å²) in [5, 5.41) is 3.12. The van der Waals surface area contributed by atoms with Gasteiger partial charge >= 0.3 is 0 Å². The average molecular weight is 257 g/mol. The number of nitrogens with one attached hydrogen (secondary N) is 1. The first-order chi connectivity index (χ1) is 7.76. The lowest BCUT2D eigenvalue weighted by molar-refractivity contribution is 0.522. The van der Waals surface area contributed by atoms with Crippen LogP contribution in [0.15, 0.2) is 23.2 Å². The van der Waals surface area contributed by atoms with Gasteiger partial charge in [0.25, 0.3) is 0 Å². The standard InChI is InChI=1S/C11H19N3O2S/c1-11(2,6-7-12)14-10-9(17(3,15)16)5-4-8-13-10/h4-5,8H,6-7,12H2,1-3H3,(H,13,14). The monoisotopic (exact) mass is 257 g/mol. The average Bonchev–Trinajstić information content (AvgIpc) is 2.15. The summed E-state index contributed by atoms with van der Waals surface area (Å²) in [6.45, 7) is 4.45. The molecule has 0 spiro atoms. The van der Waals surface area contributed by atoms with Crippen molar-refractivity contribution in [2.75, 3.05) is 18.1 Å². The number of nitrogens with two attached hydrogens (primary N) is 1. The van der Waals surface area contributed by atoms with Gasteiger partial charge in [-0.25, -0.2) is 13.4 Å². The van der Waals surface area contributed by atoms with Gasteiger partial charge in [-0.1, -0.05) is 0 Å². The number of rotatable bonds is 5. The molecule has 0 aromatic carbocycles. The zero-order valence-electron chi connectivity index (χ0n) is 10.4. The first-order valence-corrected chi connectivity index (χ1v) is 7.29. The van der Waals surface area contributed by atoms with Crippen molar-refractivity contribution in [1.82, 2.24) is 4.98 Å². The predicted octanol–water partition coefficient (Wildman–Crippen LogP) is 1.02. The molecule has 0 fully saturated rings. The molecule has 0 aliphatic carbocycles. The molecule has 1 aromatic rings. The molecular weight excluding hydrogens is 238 g/mol. The minimum atomic E-state index is -3.28. The third kappa shape index (κ3) is 3.98. The van der Waals surface area contributed by atoms with Crippen LogP contribution in [0, 0.1) is 0 Å². The van der Waals surface area contributed by atoms with E-state index in [0.29, 0.717) is 12.4 Å². The number of sulfone groups is 1. The van der Waals surface area contributed by atoms with Gasteiger partial charge in [0.05, 0.1) is 0 Å². The smallest absolute Gasteiger partial charge is 0.179 e. The molecule has 96 valence electrons. The molecule has 1 heterocycles. The lowest BCUT2D eigenvalue weighted by Gasteiger charge is -2.27. The Balaban J connectivity index is 3.08. The van der Waals surface area contributed by atoms with Gasteiger partial charge in [-0.15, -0.1) is 0 Å². The molecule has 17 heavy (non-hydrogen) atoms. The molecule has 0 amide bonds. The quantitative estimate of drug-likeness (QED) is 0.822. The van der Waals surface area contributed by atoms with Gasteiger partial charge in [0.1, 0.15) is 10.7 Å². The molecule has 0 saturated heterocycles. The molecule has 6 heteroatoms. The van der Waals surface area contributed by atoms with E-state index in [9.17, 15) is 8.42 Å². The Bertz CT molecular complexity index is 483. The number of anilines is 1. The van der Waals surface area contributed by atoms with Crippen molar-refractivity contribution in [3.8, 4) is 0 Å². The number of nitrogens with zero attached hydrogens (tertiary/aromatic N) is 1. The van der Waals surface area contributed by atoms with E-state index in [4.69, 9.17) is 5.73 Å². The zero-order chi connectivity index (χ0) is 13.1. The number of pyridine rings is 1. The van der Waals surface area contributed by atoms with Crippen LogP contribution in [0.1, 0.15) is 20.3 Å². The van der Waals surface area contributed by atoms with Gasteiger partial charge in [0.2, 0.25) is 0 Å². The first-order valence-electron chi connectivity index (χ1n) is 5.39. The van der Waals surface area contributed by atoms with Crippen LogP contribution in [0.25, 0.3) is 0 Å². The minimum absolute atomic E-state index is 0.213. The van der Waals surface area contributed by atoms with E-state index in [0.717, 1.165) is 6.42 Å². The van der Waals surface area contributed by atoms with Crippen molar-refractivity contribution in [2.24, 2.45) is 5.73 Å². The van der Waals surface area contributed by atoms with Crippen LogP contribution in [-0.4, -0.2) is 31.7 Å². The van der Waals surface area contributed by atoms with Gasteiger partial charge < -0.3 is 11.1 Å². The molecular formula is C11H19N3O2S. The maximum Gasteiger partial charge on any atom is 0.179 e. The second-order valence-corrected chi connectivity index (χ2v) is 6.65. The summed E-state index contributed by atoms with van der Waals surface area (Å²) in [5.74, 6) is 0.383. The summed E-state index contributed by atoms with van der Waals surface area (Å²) in [5.41, 5.74) is 5.22. The highest BCUT2D eigenvalue weighted by atomic mass is 32.2. The number of aromatic nitrogens is 1. The Labute approximate surface area is 102 Å².